The number of carbonyl (C=O) groups excluding carboxylic acids is 1. The maximum Gasteiger partial charge on any atom is 0.338 e. The monoisotopic (exact) mass is 256 g/mol. The summed E-state index contributed by atoms with van der Waals surface area (Å²) in [6.45, 7) is 3.77. The fraction of sp³-hybridized carbons (Fsp3) is 0.923. The quantitative estimate of drug-likeness (QED) is 0.725. The lowest BCUT2D eigenvalue weighted by molar-refractivity contribution is -0.162. The van der Waals surface area contributed by atoms with Crippen molar-refractivity contribution < 1.29 is 14.6 Å². The van der Waals surface area contributed by atoms with Gasteiger partial charge in [-0.05, 0) is 39.8 Å². The first-order chi connectivity index (χ1) is 8.44. The highest BCUT2D eigenvalue weighted by molar-refractivity contribution is 5.78. The Balaban J connectivity index is 1.97. The maximum atomic E-state index is 11.5. The summed E-state index contributed by atoms with van der Waals surface area (Å²) in [5.41, 5.74) is -1.41. The number of β-amino-alcohol motifs (C(OH)–C–C–N with tert-alkyl or cyclic N) is 1. The predicted octanol–water partition coefficient (Wildman–Crippen LogP) is 0.0789. The molecule has 5 nitrogen and oxygen atoms in total. The predicted molar refractivity (Wildman–Crippen MR) is 68.3 cm³/mol. The highest BCUT2D eigenvalue weighted by Gasteiger charge is 2.39. The van der Waals surface area contributed by atoms with Crippen molar-refractivity contribution in [3.63, 3.8) is 0 Å². The van der Waals surface area contributed by atoms with Crippen LogP contribution in [0.25, 0.3) is 0 Å². The molecule has 3 atom stereocenters. The fourth-order valence-electron chi connectivity index (χ4n) is 3.24. The second-order valence-corrected chi connectivity index (χ2v) is 5.84. The normalized spacial score (nSPS) is 32.9. The lowest BCUT2D eigenvalue weighted by Gasteiger charge is -2.31. The Morgan fingerprint density at radius 3 is 2.72 bits per heavy atom. The molecule has 0 radical (unpaired) electrons. The molecule has 3 unspecified atom stereocenters. The van der Waals surface area contributed by atoms with Crippen molar-refractivity contribution in [3.05, 3.63) is 0 Å². The van der Waals surface area contributed by atoms with Gasteiger partial charge in [-0.15, -0.1) is 0 Å². The lowest BCUT2D eigenvalue weighted by Crippen LogP contribution is -2.49. The van der Waals surface area contributed by atoms with Crippen molar-refractivity contribution in [1.82, 2.24) is 9.80 Å². The molecule has 2 fully saturated rings. The highest BCUT2D eigenvalue weighted by atomic mass is 16.5. The minimum absolute atomic E-state index is 0.358. The third-order valence-corrected chi connectivity index (χ3v) is 4.39. The van der Waals surface area contributed by atoms with Crippen LogP contribution in [0.15, 0.2) is 0 Å². The Hall–Kier alpha value is -0.650. The zero-order chi connectivity index (χ0) is 13.3. The summed E-state index contributed by atoms with van der Waals surface area (Å²) in [6.07, 6.45) is 3.62. The SMILES string of the molecule is COC(=O)C(C)(O)CN1CCC2CCC(C1)N2C. The van der Waals surface area contributed by atoms with Gasteiger partial charge >= 0.3 is 5.97 Å². The van der Waals surface area contributed by atoms with Crippen molar-refractivity contribution in [2.75, 3.05) is 33.8 Å². The molecule has 2 aliphatic heterocycles. The molecule has 2 aliphatic rings. The molecule has 0 aliphatic carbocycles. The molecule has 2 bridgehead atoms. The minimum Gasteiger partial charge on any atom is -0.467 e. The van der Waals surface area contributed by atoms with Crippen LogP contribution in [-0.4, -0.2) is 72.4 Å². The number of nitrogens with zero attached hydrogens (tertiary/aromatic N) is 2. The van der Waals surface area contributed by atoms with Gasteiger partial charge in [0.2, 0.25) is 0 Å². The highest BCUT2D eigenvalue weighted by Crippen LogP contribution is 2.29. The van der Waals surface area contributed by atoms with Gasteiger partial charge in [0.05, 0.1) is 7.11 Å². The van der Waals surface area contributed by atoms with Crippen molar-refractivity contribution in [2.45, 2.75) is 43.9 Å². The Kier molecular flexibility index (Phi) is 3.94. The van der Waals surface area contributed by atoms with Crippen LogP contribution in [0.1, 0.15) is 26.2 Å². The van der Waals surface area contributed by atoms with Crippen molar-refractivity contribution in [3.8, 4) is 0 Å². The van der Waals surface area contributed by atoms with Crippen LogP contribution in [0.4, 0.5) is 0 Å². The second kappa shape index (κ2) is 5.15. The molecular weight excluding hydrogens is 232 g/mol. The number of likely N-dealkylation sites (N-methyl/N-ethyl adjacent to an activating group) is 1. The number of hydrogen-bond donors (Lipinski definition) is 1. The Morgan fingerprint density at radius 2 is 2.06 bits per heavy atom. The second-order valence-electron chi connectivity index (χ2n) is 5.84. The number of ether oxygens (including phenoxy) is 1. The van der Waals surface area contributed by atoms with E-state index in [1.165, 1.54) is 26.9 Å². The Bertz CT molecular complexity index is 319. The van der Waals surface area contributed by atoms with Gasteiger partial charge in [0, 0.05) is 25.2 Å². The molecule has 2 rings (SSSR count). The molecular formula is C13H24N2O3. The van der Waals surface area contributed by atoms with E-state index in [-0.39, 0.29) is 0 Å². The molecule has 0 amide bonds. The fourth-order valence-corrected chi connectivity index (χ4v) is 3.24. The van der Waals surface area contributed by atoms with Crippen LogP contribution in [-0.2, 0) is 9.53 Å². The Labute approximate surface area is 109 Å². The van der Waals surface area contributed by atoms with Crippen LogP contribution in [0.5, 0.6) is 0 Å². The molecule has 0 aromatic rings. The van der Waals surface area contributed by atoms with E-state index in [0.29, 0.717) is 18.6 Å². The molecule has 5 heteroatoms. The average molecular weight is 256 g/mol. The smallest absolute Gasteiger partial charge is 0.338 e. The van der Waals surface area contributed by atoms with E-state index in [1.54, 1.807) is 0 Å². The number of aliphatic hydroxyl groups is 1. The van der Waals surface area contributed by atoms with E-state index in [1.807, 2.05) is 0 Å². The van der Waals surface area contributed by atoms with Gasteiger partial charge in [0.25, 0.3) is 0 Å². The summed E-state index contributed by atoms with van der Waals surface area (Å²) in [5.74, 6) is -0.551. The van der Waals surface area contributed by atoms with Gasteiger partial charge in [-0.25, -0.2) is 4.79 Å². The number of likely N-dealkylation sites (tertiary alicyclic amines) is 1. The maximum absolute atomic E-state index is 11.5. The molecule has 104 valence electrons. The number of rotatable bonds is 3. The molecule has 0 aromatic carbocycles. The van der Waals surface area contributed by atoms with Gasteiger partial charge in [0.1, 0.15) is 0 Å². The zero-order valence-electron chi connectivity index (χ0n) is 11.6. The topological polar surface area (TPSA) is 53.0 Å². The Morgan fingerprint density at radius 1 is 1.39 bits per heavy atom. The summed E-state index contributed by atoms with van der Waals surface area (Å²) in [5, 5.41) is 10.1. The van der Waals surface area contributed by atoms with Crippen molar-refractivity contribution in [2.24, 2.45) is 0 Å². The van der Waals surface area contributed by atoms with E-state index in [2.05, 4.69) is 21.6 Å². The molecule has 0 saturated carbocycles. The zero-order valence-corrected chi connectivity index (χ0v) is 11.6. The van der Waals surface area contributed by atoms with Crippen molar-refractivity contribution in [1.29, 1.82) is 0 Å². The van der Waals surface area contributed by atoms with E-state index in [0.717, 1.165) is 19.5 Å². The third-order valence-electron chi connectivity index (χ3n) is 4.39. The van der Waals surface area contributed by atoms with E-state index in [4.69, 9.17) is 0 Å². The van der Waals surface area contributed by atoms with Gasteiger partial charge < -0.3 is 9.84 Å². The van der Waals surface area contributed by atoms with Gasteiger partial charge in [-0.2, -0.15) is 0 Å². The largest absolute Gasteiger partial charge is 0.467 e. The van der Waals surface area contributed by atoms with Crippen molar-refractivity contribution >= 4 is 5.97 Å². The third kappa shape index (κ3) is 2.68. The van der Waals surface area contributed by atoms with Crippen LogP contribution in [0.2, 0.25) is 0 Å². The van der Waals surface area contributed by atoms with Gasteiger partial charge in [0.15, 0.2) is 5.60 Å². The summed E-state index contributed by atoms with van der Waals surface area (Å²) in [4.78, 5) is 16.2. The molecule has 0 spiro atoms. The van der Waals surface area contributed by atoms with Gasteiger partial charge in [-0.3, -0.25) is 9.80 Å². The average Bonchev–Trinajstić information content (AvgIpc) is 2.56. The number of fused-ring (bicyclic) bond motifs is 2. The summed E-state index contributed by atoms with van der Waals surface area (Å²) in [6, 6.07) is 1.23. The standard InChI is InChI=1S/C13H24N2O3/c1-13(17,12(16)18-3)9-15-7-6-10-4-5-11(8-15)14(10)2/h10-11,17H,4-9H2,1-3H3. The summed E-state index contributed by atoms with van der Waals surface area (Å²) >= 11 is 0. The number of carbonyl (C=O) groups is 1. The first-order valence-corrected chi connectivity index (χ1v) is 6.69. The van der Waals surface area contributed by atoms with Gasteiger partial charge in [-0.1, -0.05) is 0 Å². The van der Waals surface area contributed by atoms with Crippen LogP contribution in [0.3, 0.4) is 0 Å². The van der Waals surface area contributed by atoms with E-state index >= 15 is 0 Å². The number of esters is 1. The first-order valence-electron chi connectivity index (χ1n) is 6.69. The lowest BCUT2D eigenvalue weighted by atomic mass is 10.0. The van der Waals surface area contributed by atoms with E-state index < -0.39 is 11.6 Å². The van der Waals surface area contributed by atoms with Crippen LogP contribution < -0.4 is 0 Å². The molecule has 0 aromatic heterocycles. The minimum atomic E-state index is -1.41. The van der Waals surface area contributed by atoms with Crippen LogP contribution >= 0.6 is 0 Å². The van der Waals surface area contributed by atoms with E-state index in [9.17, 15) is 9.90 Å². The van der Waals surface area contributed by atoms with Crippen LogP contribution in [0, 0.1) is 0 Å². The molecule has 1 N–H and O–H groups in total. The first kappa shape index (κ1) is 13.8. The number of hydrogen-bond acceptors (Lipinski definition) is 5. The molecule has 2 heterocycles. The molecule has 2 saturated heterocycles. The number of methoxy groups -OCH3 is 1. The summed E-state index contributed by atoms with van der Waals surface area (Å²) < 4.78 is 4.64. The summed E-state index contributed by atoms with van der Waals surface area (Å²) in [7, 11) is 3.50. The molecule has 18 heavy (non-hydrogen) atoms.